The molecule has 1 rings (SSSR count). The molecule has 0 spiro atoms. The number of unbranched alkanes of at least 4 members (excludes halogenated alkanes) is 10. The second-order valence-corrected chi connectivity index (χ2v) is 5.26. The summed E-state index contributed by atoms with van der Waals surface area (Å²) < 4.78 is 0. The molecular formula is C16H29N2+. The Kier molecular flexibility index (Phi) is 9.59. The van der Waals surface area contributed by atoms with Crippen LogP contribution in [0.4, 0.5) is 0 Å². The Hall–Kier alpha value is -0.790. The molecule has 0 N–H and O–H groups in total. The van der Waals surface area contributed by atoms with E-state index in [2.05, 4.69) is 16.9 Å². The summed E-state index contributed by atoms with van der Waals surface area (Å²) in [6.07, 6.45) is 21.0. The van der Waals surface area contributed by atoms with Crippen LogP contribution in [0, 0.1) is 6.17 Å². The van der Waals surface area contributed by atoms with Crippen LogP contribution < -0.4 is 0 Å². The van der Waals surface area contributed by atoms with Crippen LogP contribution in [-0.2, 0) is 0 Å². The minimum Gasteiger partial charge on any atom is -0.0968 e. The van der Waals surface area contributed by atoms with Crippen molar-refractivity contribution < 1.29 is 0 Å². The molecule has 0 atom stereocenters. The Morgan fingerprint density at radius 3 is 1.61 bits per heavy atom. The largest absolute Gasteiger partial charge is 0.240 e. The van der Waals surface area contributed by atoms with Gasteiger partial charge in [0, 0.05) is 0 Å². The van der Waals surface area contributed by atoms with E-state index in [9.17, 15) is 0 Å². The number of hydrogen-bond acceptors (Lipinski definition) is 2. The highest BCUT2D eigenvalue weighted by Gasteiger charge is 2.14. The fourth-order valence-corrected chi connectivity index (χ4v) is 2.35. The highest BCUT2D eigenvalue weighted by molar-refractivity contribution is 6.18. The third kappa shape index (κ3) is 8.32. The topological polar surface area (TPSA) is 24.7 Å². The maximum atomic E-state index is 4.19. The molecule has 2 heteroatoms. The highest BCUT2D eigenvalue weighted by atomic mass is 15.0. The van der Waals surface area contributed by atoms with Gasteiger partial charge >= 0.3 is 0 Å². The van der Waals surface area contributed by atoms with Gasteiger partial charge in [0.25, 0.3) is 0 Å². The minimum absolute atomic E-state index is 1.02. The van der Waals surface area contributed by atoms with Crippen molar-refractivity contribution in [2.24, 2.45) is 9.98 Å². The van der Waals surface area contributed by atoms with Crippen molar-refractivity contribution in [3.63, 3.8) is 0 Å². The average Bonchev–Trinajstić information content (AvgIpc) is 2.89. The zero-order chi connectivity index (χ0) is 12.9. The van der Waals surface area contributed by atoms with Crippen molar-refractivity contribution in [3.05, 3.63) is 6.17 Å². The molecule has 102 valence electrons. The second kappa shape index (κ2) is 11.3. The van der Waals surface area contributed by atoms with Gasteiger partial charge in [-0.25, -0.2) is 0 Å². The highest BCUT2D eigenvalue weighted by Crippen LogP contribution is 2.18. The van der Waals surface area contributed by atoms with Crippen LogP contribution in [0.2, 0.25) is 0 Å². The van der Waals surface area contributed by atoms with Gasteiger partial charge in [-0.3, -0.25) is 0 Å². The van der Waals surface area contributed by atoms with Gasteiger partial charge in [-0.15, -0.1) is 0 Å². The minimum atomic E-state index is 1.02. The van der Waals surface area contributed by atoms with Crippen LogP contribution in [0.5, 0.6) is 0 Å². The summed E-state index contributed by atoms with van der Waals surface area (Å²) in [7, 11) is 0. The quantitative estimate of drug-likeness (QED) is 0.330. The van der Waals surface area contributed by atoms with E-state index in [1.807, 2.05) is 0 Å². The number of hydrogen-bond donors (Lipinski definition) is 0. The van der Waals surface area contributed by atoms with Crippen molar-refractivity contribution in [1.29, 1.82) is 0 Å². The Morgan fingerprint density at radius 1 is 0.667 bits per heavy atom. The van der Waals surface area contributed by atoms with E-state index in [0.717, 1.165) is 12.6 Å². The summed E-state index contributed by atoms with van der Waals surface area (Å²) >= 11 is 0. The molecule has 0 unspecified atom stereocenters. The van der Waals surface area contributed by atoms with Crippen molar-refractivity contribution in [3.8, 4) is 0 Å². The number of nitrogens with zero attached hydrogens (tertiary/aromatic N) is 2. The smallest absolute Gasteiger partial charge is 0.0968 e. The molecule has 0 bridgehead atoms. The fraction of sp³-hybridized carbons (Fsp3) is 0.812. The van der Waals surface area contributed by atoms with E-state index in [0.29, 0.717) is 0 Å². The average molecular weight is 249 g/mol. The molecule has 1 aliphatic rings. The Labute approximate surface area is 113 Å². The molecule has 0 amide bonds. The zero-order valence-electron chi connectivity index (χ0n) is 12.0. The van der Waals surface area contributed by atoms with E-state index in [-0.39, 0.29) is 0 Å². The molecule has 0 saturated carbocycles. The van der Waals surface area contributed by atoms with Gasteiger partial charge in [0.05, 0.1) is 6.42 Å². The predicted molar refractivity (Wildman–Crippen MR) is 81.3 cm³/mol. The summed E-state index contributed by atoms with van der Waals surface area (Å²) in [5.41, 5.74) is 0. The van der Waals surface area contributed by atoms with Crippen LogP contribution in [0.3, 0.4) is 0 Å². The summed E-state index contributed by atoms with van der Waals surface area (Å²) in [6.45, 7) is 2.28. The number of rotatable bonds is 12. The van der Waals surface area contributed by atoms with Gasteiger partial charge in [-0.1, -0.05) is 81.1 Å². The Morgan fingerprint density at radius 2 is 1.11 bits per heavy atom. The van der Waals surface area contributed by atoms with E-state index in [1.165, 1.54) is 70.6 Å². The molecule has 1 aliphatic heterocycles. The first-order chi connectivity index (χ1) is 8.93. The summed E-state index contributed by atoms with van der Waals surface area (Å²) in [4.78, 5) is 8.38. The first kappa shape index (κ1) is 15.3. The van der Waals surface area contributed by atoms with Crippen LogP contribution in [0.15, 0.2) is 9.98 Å². The van der Waals surface area contributed by atoms with E-state index in [4.69, 9.17) is 0 Å². The monoisotopic (exact) mass is 249 g/mol. The van der Waals surface area contributed by atoms with Gasteiger partial charge in [-0.05, 0) is 6.42 Å². The molecule has 2 nitrogen and oxygen atoms in total. The lowest BCUT2D eigenvalue weighted by atomic mass is 10.1. The number of aliphatic imine (C=N–C) groups is 2. The van der Waals surface area contributed by atoms with Crippen LogP contribution in [-0.4, -0.2) is 12.4 Å². The predicted octanol–water partition coefficient (Wildman–Crippen LogP) is 5.33. The molecule has 0 radical (unpaired) electrons. The summed E-state index contributed by atoms with van der Waals surface area (Å²) in [6, 6.07) is 0. The molecule has 0 aromatic heterocycles. The third-order valence-electron chi connectivity index (χ3n) is 3.52. The van der Waals surface area contributed by atoms with Crippen LogP contribution >= 0.6 is 0 Å². The molecular weight excluding hydrogens is 220 g/mol. The lowest BCUT2D eigenvalue weighted by Gasteiger charge is -2.02. The van der Waals surface area contributed by atoms with Crippen molar-refractivity contribution >= 4 is 12.4 Å². The Balaban J connectivity index is 1.71. The van der Waals surface area contributed by atoms with Gasteiger partial charge in [0.2, 0.25) is 6.17 Å². The first-order valence-corrected chi connectivity index (χ1v) is 7.86. The standard InChI is InChI=1S/C16H29N2/c1-2-3-4-5-6-7-8-9-10-11-12-13-16-17-14-15-18-16/h14-15H,2-13H2,1H3/q+1. The molecule has 18 heavy (non-hydrogen) atoms. The van der Waals surface area contributed by atoms with Gasteiger partial charge < -0.3 is 0 Å². The molecule has 1 heterocycles. The lowest BCUT2D eigenvalue weighted by molar-refractivity contribution is 0.544. The fourth-order valence-electron chi connectivity index (χ4n) is 2.35. The van der Waals surface area contributed by atoms with Crippen LogP contribution in [0.1, 0.15) is 84.0 Å². The maximum Gasteiger partial charge on any atom is 0.240 e. The van der Waals surface area contributed by atoms with Crippen LogP contribution in [0.25, 0.3) is 0 Å². The third-order valence-corrected chi connectivity index (χ3v) is 3.52. The van der Waals surface area contributed by atoms with Gasteiger partial charge in [0.1, 0.15) is 0 Å². The molecule has 0 aromatic rings. The van der Waals surface area contributed by atoms with Gasteiger partial charge in [0.15, 0.2) is 12.4 Å². The molecule has 0 saturated heterocycles. The Bertz CT molecular complexity index is 221. The van der Waals surface area contributed by atoms with Crippen molar-refractivity contribution in [2.45, 2.75) is 84.0 Å². The normalized spacial score (nSPS) is 13.7. The summed E-state index contributed by atoms with van der Waals surface area (Å²) in [5.74, 6) is 0. The lowest BCUT2D eigenvalue weighted by Crippen LogP contribution is -1.87. The van der Waals surface area contributed by atoms with Gasteiger partial charge in [-0.2, -0.15) is 0 Å². The van der Waals surface area contributed by atoms with E-state index in [1.54, 1.807) is 12.4 Å². The molecule has 0 aromatic carbocycles. The molecule has 0 fully saturated rings. The summed E-state index contributed by atoms with van der Waals surface area (Å²) in [5, 5.41) is 0. The van der Waals surface area contributed by atoms with Crippen molar-refractivity contribution in [1.82, 2.24) is 0 Å². The maximum absolute atomic E-state index is 4.19. The first-order valence-electron chi connectivity index (χ1n) is 7.86. The van der Waals surface area contributed by atoms with E-state index >= 15 is 0 Å². The van der Waals surface area contributed by atoms with E-state index < -0.39 is 0 Å². The SMILES string of the molecule is CCCCCCCCCCCCC[C+]1N=CC=N1. The molecule has 0 aliphatic carbocycles. The second-order valence-electron chi connectivity index (χ2n) is 5.26. The van der Waals surface area contributed by atoms with Crippen molar-refractivity contribution in [2.75, 3.05) is 0 Å². The zero-order valence-corrected chi connectivity index (χ0v) is 12.0.